The molecule has 0 saturated carbocycles. The lowest BCUT2D eigenvalue weighted by Gasteiger charge is -2.38. The van der Waals surface area contributed by atoms with Crippen molar-refractivity contribution in [3.8, 4) is 0 Å². The Balaban J connectivity index is 1.78. The number of esters is 1. The summed E-state index contributed by atoms with van der Waals surface area (Å²) in [5.41, 5.74) is 0.593. The fourth-order valence-corrected chi connectivity index (χ4v) is 4.32. The molecule has 1 unspecified atom stereocenters. The summed E-state index contributed by atoms with van der Waals surface area (Å²) in [7, 11) is 0. The first-order chi connectivity index (χ1) is 13.2. The molecule has 2 saturated heterocycles. The second kappa shape index (κ2) is 9.22. The number of benzene rings is 1. The number of nitrogens with zero attached hydrogens (tertiary/aromatic N) is 1. The van der Waals surface area contributed by atoms with E-state index in [0.717, 1.165) is 37.9 Å². The SMILES string of the molecule is CCOC(=O)CCC1(c2ccccc2)CNC(=O)N1CCC1CCNCC1. The lowest BCUT2D eigenvalue weighted by Crippen LogP contribution is -2.46. The Bertz CT molecular complexity index is 631. The number of ether oxygens (including phenoxy) is 1. The van der Waals surface area contributed by atoms with Crippen LogP contribution in [0, 0.1) is 5.92 Å². The van der Waals surface area contributed by atoms with Crippen LogP contribution in [-0.4, -0.2) is 49.7 Å². The van der Waals surface area contributed by atoms with Crippen LogP contribution in [0.25, 0.3) is 0 Å². The third-order valence-corrected chi connectivity index (χ3v) is 5.87. The van der Waals surface area contributed by atoms with Crippen LogP contribution in [0.5, 0.6) is 0 Å². The van der Waals surface area contributed by atoms with E-state index in [-0.39, 0.29) is 12.0 Å². The molecular formula is C21H31N3O3. The van der Waals surface area contributed by atoms with Crippen molar-refractivity contribution in [2.45, 2.75) is 44.6 Å². The van der Waals surface area contributed by atoms with E-state index in [1.807, 2.05) is 30.0 Å². The maximum Gasteiger partial charge on any atom is 0.318 e. The fourth-order valence-electron chi connectivity index (χ4n) is 4.32. The van der Waals surface area contributed by atoms with Crippen LogP contribution < -0.4 is 10.6 Å². The van der Waals surface area contributed by atoms with Crippen LogP contribution in [0.1, 0.15) is 44.6 Å². The Morgan fingerprint density at radius 1 is 1.26 bits per heavy atom. The molecule has 6 nitrogen and oxygen atoms in total. The van der Waals surface area contributed by atoms with Gasteiger partial charge in [0.05, 0.1) is 12.1 Å². The monoisotopic (exact) mass is 373 g/mol. The second-order valence-corrected chi connectivity index (χ2v) is 7.50. The van der Waals surface area contributed by atoms with Gasteiger partial charge in [0.15, 0.2) is 0 Å². The average molecular weight is 373 g/mol. The predicted octanol–water partition coefficient (Wildman–Crippen LogP) is 2.64. The van der Waals surface area contributed by atoms with Crippen molar-refractivity contribution in [2.75, 3.05) is 32.8 Å². The first kappa shape index (κ1) is 19.7. The highest BCUT2D eigenvalue weighted by molar-refractivity contribution is 5.79. The van der Waals surface area contributed by atoms with Gasteiger partial charge in [-0.2, -0.15) is 0 Å². The molecule has 27 heavy (non-hydrogen) atoms. The van der Waals surface area contributed by atoms with Gasteiger partial charge >= 0.3 is 12.0 Å². The van der Waals surface area contributed by atoms with Crippen LogP contribution in [0.3, 0.4) is 0 Å². The highest BCUT2D eigenvalue weighted by Gasteiger charge is 2.46. The molecule has 2 N–H and O–H groups in total. The van der Waals surface area contributed by atoms with Crippen molar-refractivity contribution in [1.82, 2.24) is 15.5 Å². The van der Waals surface area contributed by atoms with E-state index in [1.165, 1.54) is 0 Å². The third kappa shape index (κ3) is 4.61. The molecule has 2 fully saturated rings. The highest BCUT2D eigenvalue weighted by Crippen LogP contribution is 2.37. The van der Waals surface area contributed by atoms with E-state index in [2.05, 4.69) is 22.8 Å². The zero-order chi connectivity index (χ0) is 19.1. The third-order valence-electron chi connectivity index (χ3n) is 5.87. The summed E-state index contributed by atoms with van der Waals surface area (Å²) < 4.78 is 5.13. The molecule has 2 amide bonds. The number of urea groups is 1. The quantitative estimate of drug-likeness (QED) is 0.687. The van der Waals surface area contributed by atoms with E-state index < -0.39 is 5.54 Å². The fraction of sp³-hybridized carbons (Fsp3) is 0.619. The van der Waals surface area contributed by atoms with Gasteiger partial charge in [0.25, 0.3) is 0 Å². The zero-order valence-electron chi connectivity index (χ0n) is 16.2. The van der Waals surface area contributed by atoms with Crippen molar-refractivity contribution in [2.24, 2.45) is 5.92 Å². The van der Waals surface area contributed by atoms with Crippen molar-refractivity contribution in [1.29, 1.82) is 0 Å². The highest BCUT2D eigenvalue weighted by atomic mass is 16.5. The molecule has 0 spiro atoms. The van der Waals surface area contributed by atoms with Crippen LogP contribution in [0.15, 0.2) is 30.3 Å². The van der Waals surface area contributed by atoms with E-state index in [0.29, 0.717) is 38.5 Å². The zero-order valence-corrected chi connectivity index (χ0v) is 16.2. The van der Waals surface area contributed by atoms with Crippen molar-refractivity contribution in [3.63, 3.8) is 0 Å². The Morgan fingerprint density at radius 3 is 2.70 bits per heavy atom. The summed E-state index contributed by atoms with van der Waals surface area (Å²) in [5.74, 6) is 0.448. The van der Waals surface area contributed by atoms with Crippen LogP contribution in [0.4, 0.5) is 4.79 Å². The molecule has 1 atom stereocenters. The molecule has 0 bridgehead atoms. The summed E-state index contributed by atoms with van der Waals surface area (Å²) >= 11 is 0. The number of carbonyl (C=O) groups excluding carboxylic acids is 2. The van der Waals surface area contributed by atoms with Gasteiger partial charge in [0.2, 0.25) is 0 Å². The normalized spacial score (nSPS) is 23.3. The largest absolute Gasteiger partial charge is 0.466 e. The molecule has 0 aromatic heterocycles. The van der Waals surface area contributed by atoms with Gasteiger partial charge < -0.3 is 20.3 Å². The smallest absolute Gasteiger partial charge is 0.318 e. The number of piperidine rings is 1. The molecule has 0 radical (unpaired) electrons. The number of carbonyl (C=O) groups is 2. The molecular weight excluding hydrogens is 342 g/mol. The van der Waals surface area contributed by atoms with Gasteiger partial charge in [-0.3, -0.25) is 4.79 Å². The Kier molecular flexibility index (Phi) is 6.72. The average Bonchev–Trinajstić information content (AvgIpc) is 3.03. The molecule has 3 rings (SSSR count). The summed E-state index contributed by atoms with van der Waals surface area (Å²) in [6, 6.07) is 10.1. The Hall–Kier alpha value is -2.08. The molecule has 2 aliphatic rings. The summed E-state index contributed by atoms with van der Waals surface area (Å²) in [5, 5.41) is 6.42. The molecule has 2 aliphatic heterocycles. The molecule has 0 aliphatic carbocycles. The first-order valence-corrected chi connectivity index (χ1v) is 10.1. The number of hydrogen-bond acceptors (Lipinski definition) is 4. The molecule has 1 aromatic rings. The maximum absolute atomic E-state index is 12.7. The standard InChI is InChI=1S/C21H31N3O3/c1-2-27-19(25)8-12-21(18-6-4-3-5-7-18)16-23-20(26)24(21)15-11-17-9-13-22-14-10-17/h3-7,17,22H,2,8-16H2,1H3,(H,23,26). The topological polar surface area (TPSA) is 70.7 Å². The van der Waals surface area contributed by atoms with Gasteiger partial charge in [0, 0.05) is 19.5 Å². The van der Waals surface area contributed by atoms with Crippen LogP contribution in [0.2, 0.25) is 0 Å². The number of rotatable bonds is 8. The predicted molar refractivity (Wildman–Crippen MR) is 104 cm³/mol. The van der Waals surface area contributed by atoms with Crippen molar-refractivity contribution < 1.29 is 14.3 Å². The number of amides is 2. The molecule has 6 heteroatoms. The van der Waals surface area contributed by atoms with Gasteiger partial charge in [-0.05, 0) is 57.2 Å². The first-order valence-electron chi connectivity index (χ1n) is 10.1. The minimum absolute atomic E-state index is 0.0309. The van der Waals surface area contributed by atoms with E-state index in [9.17, 15) is 9.59 Å². The Labute approximate surface area is 161 Å². The Morgan fingerprint density at radius 2 is 2.00 bits per heavy atom. The minimum Gasteiger partial charge on any atom is -0.466 e. The minimum atomic E-state index is -0.488. The summed E-state index contributed by atoms with van der Waals surface area (Å²) in [4.78, 5) is 26.7. The van der Waals surface area contributed by atoms with Crippen molar-refractivity contribution >= 4 is 12.0 Å². The molecule has 148 valence electrons. The maximum atomic E-state index is 12.7. The van der Waals surface area contributed by atoms with E-state index in [4.69, 9.17) is 4.74 Å². The van der Waals surface area contributed by atoms with Crippen LogP contribution in [-0.2, 0) is 15.1 Å². The summed E-state index contributed by atoms with van der Waals surface area (Å²) in [6.07, 6.45) is 4.21. The van der Waals surface area contributed by atoms with Gasteiger partial charge in [0.1, 0.15) is 0 Å². The number of nitrogens with one attached hydrogen (secondary N) is 2. The van der Waals surface area contributed by atoms with Crippen molar-refractivity contribution in [3.05, 3.63) is 35.9 Å². The lowest BCUT2D eigenvalue weighted by atomic mass is 9.84. The summed E-state index contributed by atoms with van der Waals surface area (Å²) in [6.45, 7) is 5.56. The van der Waals surface area contributed by atoms with E-state index in [1.54, 1.807) is 0 Å². The molecule has 2 heterocycles. The molecule has 1 aromatic carbocycles. The van der Waals surface area contributed by atoms with Crippen LogP contribution >= 0.6 is 0 Å². The van der Waals surface area contributed by atoms with Gasteiger partial charge in [-0.1, -0.05) is 30.3 Å². The lowest BCUT2D eigenvalue weighted by molar-refractivity contribution is -0.143. The van der Waals surface area contributed by atoms with Gasteiger partial charge in [-0.15, -0.1) is 0 Å². The van der Waals surface area contributed by atoms with E-state index >= 15 is 0 Å². The second-order valence-electron chi connectivity index (χ2n) is 7.50. The number of hydrogen-bond donors (Lipinski definition) is 2. The van der Waals surface area contributed by atoms with Gasteiger partial charge in [-0.25, -0.2) is 4.79 Å².